The summed E-state index contributed by atoms with van der Waals surface area (Å²) in [5.41, 5.74) is 1.10. The summed E-state index contributed by atoms with van der Waals surface area (Å²) in [6.07, 6.45) is 0. The van der Waals surface area contributed by atoms with E-state index in [2.05, 4.69) is 0 Å². The van der Waals surface area contributed by atoms with Gasteiger partial charge in [0.05, 0.1) is 7.11 Å². The molecule has 0 spiro atoms. The zero-order valence-corrected chi connectivity index (χ0v) is 13.0. The van der Waals surface area contributed by atoms with Crippen molar-refractivity contribution >= 4 is 17.6 Å². The maximum atomic E-state index is 11.6. The number of halogens is 1. The van der Waals surface area contributed by atoms with E-state index < -0.39 is 11.6 Å². The molecule has 3 nitrogen and oxygen atoms in total. The number of carbonyl (C=O) groups excluding carboxylic acids is 1. The topological polar surface area (TPSA) is 35.5 Å². The largest absolute Gasteiger partial charge is 0.476 e. The van der Waals surface area contributed by atoms with Gasteiger partial charge >= 0.3 is 5.97 Å². The predicted molar refractivity (Wildman–Crippen MR) is 83.6 cm³/mol. The van der Waals surface area contributed by atoms with Gasteiger partial charge in [0.25, 0.3) is 0 Å². The minimum Gasteiger partial charge on any atom is -0.476 e. The van der Waals surface area contributed by atoms with E-state index in [1.165, 1.54) is 7.11 Å². The Morgan fingerprint density at radius 2 is 1.43 bits per heavy atom. The average molecular weight is 305 g/mol. The summed E-state index contributed by atoms with van der Waals surface area (Å²) < 4.78 is 10.4. The van der Waals surface area contributed by atoms with Crippen LogP contribution in [0.4, 0.5) is 0 Å². The molecule has 0 heterocycles. The van der Waals surface area contributed by atoms with Gasteiger partial charge < -0.3 is 9.47 Å². The molecule has 0 saturated carbocycles. The molecule has 0 amide bonds. The normalized spacial score (nSPS) is 11.0. The number of methoxy groups -OCH3 is 1. The molecular weight excluding hydrogens is 288 g/mol. The van der Waals surface area contributed by atoms with Crippen molar-refractivity contribution in [2.24, 2.45) is 0 Å². The molecule has 2 rings (SSSR count). The lowest BCUT2D eigenvalue weighted by atomic mass is 10.1. The van der Waals surface area contributed by atoms with Crippen LogP contribution in [0.25, 0.3) is 11.1 Å². The van der Waals surface area contributed by atoms with Gasteiger partial charge in [-0.1, -0.05) is 35.9 Å². The van der Waals surface area contributed by atoms with E-state index in [4.69, 9.17) is 21.1 Å². The highest BCUT2D eigenvalue weighted by atomic mass is 35.5. The Bertz CT molecular complexity index is 615. The lowest BCUT2D eigenvalue weighted by Crippen LogP contribution is -2.39. The molecule has 0 aliphatic heterocycles. The zero-order chi connectivity index (χ0) is 15.5. The first-order valence-electron chi connectivity index (χ1n) is 6.56. The molecule has 0 atom stereocenters. The number of rotatable bonds is 4. The highest BCUT2D eigenvalue weighted by Gasteiger charge is 2.30. The van der Waals surface area contributed by atoms with Crippen LogP contribution in [0.2, 0.25) is 5.02 Å². The third-order valence-electron chi connectivity index (χ3n) is 3.08. The molecule has 21 heavy (non-hydrogen) atoms. The molecule has 0 unspecified atom stereocenters. The van der Waals surface area contributed by atoms with Gasteiger partial charge in [-0.15, -0.1) is 0 Å². The SMILES string of the molecule is COC(=O)C(C)(C)Oc1ccc(-c2ccc(Cl)cc2)cc1. The summed E-state index contributed by atoms with van der Waals surface area (Å²) in [5, 5.41) is 0.707. The first kappa shape index (κ1) is 15.4. The molecule has 0 bridgehead atoms. The highest BCUT2D eigenvalue weighted by molar-refractivity contribution is 6.30. The lowest BCUT2D eigenvalue weighted by molar-refractivity contribution is -0.156. The van der Waals surface area contributed by atoms with E-state index in [1.54, 1.807) is 13.8 Å². The van der Waals surface area contributed by atoms with Crippen LogP contribution in [-0.2, 0) is 9.53 Å². The number of carbonyl (C=O) groups is 1. The van der Waals surface area contributed by atoms with Crippen molar-refractivity contribution in [3.05, 3.63) is 53.6 Å². The molecular formula is C17H17ClO3. The van der Waals surface area contributed by atoms with Crippen molar-refractivity contribution < 1.29 is 14.3 Å². The van der Waals surface area contributed by atoms with Crippen molar-refractivity contribution in [3.8, 4) is 16.9 Å². The van der Waals surface area contributed by atoms with Crippen LogP contribution in [-0.4, -0.2) is 18.7 Å². The maximum Gasteiger partial charge on any atom is 0.349 e. The summed E-state index contributed by atoms with van der Waals surface area (Å²) >= 11 is 5.88. The molecule has 0 radical (unpaired) electrons. The van der Waals surface area contributed by atoms with E-state index >= 15 is 0 Å². The smallest absolute Gasteiger partial charge is 0.349 e. The lowest BCUT2D eigenvalue weighted by Gasteiger charge is -2.23. The molecule has 0 N–H and O–H groups in total. The number of benzene rings is 2. The third-order valence-corrected chi connectivity index (χ3v) is 3.33. The van der Waals surface area contributed by atoms with Crippen molar-refractivity contribution in [1.29, 1.82) is 0 Å². The van der Waals surface area contributed by atoms with E-state index in [0.29, 0.717) is 10.8 Å². The Morgan fingerprint density at radius 3 is 1.90 bits per heavy atom. The first-order valence-corrected chi connectivity index (χ1v) is 6.93. The molecule has 0 saturated heterocycles. The van der Waals surface area contributed by atoms with Gasteiger partial charge in [0.1, 0.15) is 5.75 Å². The molecule has 0 aromatic heterocycles. The maximum absolute atomic E-state index is 11.6. The van der Waals surface area contributed by atoms with E-state index in [0.717, 1.165) is 11.1 Å². The van der Waals surface area contributed by atoms with Crippen LogP contribution in [0, 0.1) is 0 Å². The number of esters is 1. The minimum absolute atomic E-state index is 0.413. The summed E-state index contributed by atoms with van der Waals surface area (Å²) in [6.45, 7) is 3.35. The quantitative estimate of drug-likeness (QED) is 0.788. The van der Waals surface area contributed by atoms with Crippen LogP contribution >= 0.6 is 11.6 Å². The molecule has 0 aliphatic carbocycles. The average Bonchev–Trinajstić information content (AvgIpc) is 2.47. The Labute approximate surface area is 129 Å². The standard InChI is InChI=1S/C17H17ClO3/c1-17(2,16(19)20-3)21-15-10-6-13(7-11-15)12-4-8-14(18)9-5-12/h4-11H,1-3H3. The fourth-order valence-electron chi connectivity index (χ4n) is 1.94. The number of ether oxygens (including phenoxy) is 2. The van der Waals surface area contributed by atoms with Gasteiger partial charge in [-0.25, -0.2) is 4.79 Å². The Hall–Kier alpha value is -2.00. The molecule has 0 fully saturated rings. The summed E-state index contributed by atoms with van der Waals surface area (Å²) in [4.78, 5) is 11.6. The van der Waals surface area contributed by atoms with Crippen molar-refractivity contribution in [2.75, 3.05) is 7.11 Å². The summed E-state index contributed by atoms with van der Waals surface area (Å²) in [6, 6.07) is 15.1. The van der Waals surface area contributed by atoms with Gasteiger partial charge in [-0.3, -0.25) is 0 Å². The molecule has 110 valence electrons. The summed E-state index contributed by atoms with van der Waals surface area (Å²) in [5.74, 6) is 0.201. The zero-order valence-electron chi connectivity index (χ0n) is 12.2. The fraction of sp³-hybridized carbons (Fsp3) is 0.235. The van der Waals surface area contributed by atoms with E-state index in [-0.39, 0.29) is 0 Å². The predicted octanol–water partition coefficient (Wildman–Crippen LogP) is 4.34. The van der Waals surface area contributed by atoms with Crippen LogP contribution in [0.1, 0.15) is 13.8 Å². The second-order valence-corrected chi connectivity index (χ2v) is 5.57. The van der Waals surface area contributed by atoms with Crippen molar-refractivity contribution in [3.63, 3.8) is 0 Å². The van der Waals surface area contributed by atoms with E-state index in [1.807, 2.05) is 48.5 Å². The first-order chi connectivity index (χ1) is 9.92. The van der Waals surface area contributed by atoms with Crippen LogP contribution in [0.5, 0.6) is 5.75 Å². The van der Waals surface area contributed by atoms with Gasteiger partial charge in [0, 0.05) is 5.02 Å². The summed E-state index contributed by atoms with van der Waals surface area (Å²) in [7, 11) is 1.34. The van der Waals surface area contributed by atoms with Gasteiger partial charge in [-0.2, -0.15) is 0 Å². The number of hydrogen-bond acceptors (Lipinski definition) is 3. The van der Waals surface area contributed by atoms with Crippen LogP contribution in [0.15, 0.2) is 48.5 Å². The Kier molecular flexibility index (Phi) is 4.53. The Balaban J connectivity index is 2.16. The monoisotopic (exact) mass is 304 g/mol. The van der Waals surface area contributed by atoms with Gasteiger partial charge in [-0.05, 0) is 49.2 Å². The highest BCUT2D eigenvalue weighted by Crippen LogP contribution is 2.26. The van der Waals surface area contributed by atoms with Gasteiger partial charge in [0.15, 0.2) is 5.60 Å². The molecule has 0 aliphatic rings. The van der Waals surface area contributed by atoms with Crippen LogP contribution in [0.3, 0.4) is 0 Å². The molecule has 2 aromatic rings. The molecule has 2 aromatic carbocycles. The third kappa shape index (κ3) is 3.76. The van der Waals surface area contributed by atoms with E-state index in [9.17, 15) is 4.79 Å². The van der Waals surface area contributed by atoms with Crippen molar-refractivity contribution in [1.82, 2.24) is 0 Å². The number of hydrogen-bond donors (Lipinski definition) is 0. The minimum atomic E-state index is -1.02. The molecule has 4 heteroatoms. The van der Waals surface area contributed by atoms with Gasteiger partial charge in [0.2, 0.25) is 0 Å². The second kappa shape index (κ2) is 6.19. The fourth-order valence-corrected chi connectivity index (χ4v) is 2.07. The van der Waals surface area contributed by atoms with Crippen LogP contribution < -0.4 is 4.74 Å². The van der Waals surface area contributed by atoms with Crippen molar-refractivity contribution in [2.45, 2.75) is 19.4 Å². The second-order valence-electron chi connectivity index (χ2n) is 5.14. The Morgan fingerprint density at radius 1 is 0.952 bits per heavy atom.